The van der Waals surface area contributed by atoms with Crippen molar-refractivity contribution in [2.24, 2.45) is 4.99 Å². The molecule has 0 aromatic heterocycles. The van der Waals surface area contributed by atoms with Gasteiger partial charge in [-0.25, -0.2) is 4.99 Å². The van der Waals surface area contributed by atoms with Gasteiger partial charge in [-0.3, -0.25) is 19.8 Å². The van der Waals surface area contributed by atoms with Gasteiger partial charge in [0.05, 0.1) is 11.5 Å². The molecule has 1 amide bonds. The molecule has 0 N–H and O–H groups in total. The number of nitrogens with zero attached hydrogens (tertiary/aromatic N) is 3. The van der Waals surface area contributed by atoms with Crippen LogP contribution in [0, 0.1) is 10.1 Å². The summed E-state index contributed by atoms with van der Waals surface area (Å²) in [4.78, 5) is 29.7. The fourth-order valence-corrected chi connectivity index (χ4v) is 3.83. The molecule has 8 heteroatoms. The molecule has 1 heterocycles. The first kappa shape index (κ1) is 18.9. The minimum Gasteiger partial charge on any atom is -0.492 e. The molecule has 0 bridgehead atoms. The average Bonchev–Trinajstić information content (AvgIpc) is 3.03. The number of amides is 1. The molecule has 3 rings (SSSR count). The van der Waals surface area contributed by atoms with E-state index in [0.29, 0.717) is 29.0 Å². The van der Waals surface area contributed by atoms with Crippen molar-refractivity contribution in [1.82, 2.24) is 4.90 Å². The maximum Gasteiger partial charge on any atom is 0.270 e. The number of rotatable bonds is 5. The van der Waals surface area contributed by atoms with Crippen molar-refractivity contribution in [3.05, 3.63) is 64.2 Å². The van der Waals surface area contributed by atoms with E-state index in [2.05, 4.69) is 4.99 Å². The van der Waals surface area contributed by atoms with Crippen molar-refractivity contribution in [3.8, 4) is 5.75 Å². The molecule has 7 nitrogen and oxygen atoms in total. The number of carbonyl (C=O) groups excluding carboxylic acids is 1. The number of ether oxygens (including phenoxy) is 1. The second kappa shape index (κ2) is 8.22. The third-order valence-corrected chi connectivity index (χ3v) is 5.20. The van der Waals surface area contributed by atoms with Crippen LogP contribution in [-0.4, -0.2) is 39.3 Å². The lowest BCUT2D eigenvalue weighted by atomic mass is 10.1. The molecule has 27 heavy (non-hydrogen) atoms. The third-order valence-electron chi connectivity index (χ3n) is 4.00. The molecule has 0 aliphatic carbocycles. The molecular formula is C19H19N3O4S. The van der Waals surface area contributed by atoms with Gasteiger partial charge in [0.2, 0.25) is 0 Å². The van der Waals surface area contributed by atoms with Crippen molar-refractivity contribution in [2.45, 2.75) is 19.9 Å². The molecule has 140 valence electrons. The molecule has 2 aromatic rings. The number of benzene rings is 2. The lowest BCUT2D eigenvalue weighted by Crippen LogP contribution is -2.37. The van der Waals surface area contributed by atoms with Gasteiger partial charge in [-0.05, 0) is 32.0 Å². The van der Waals surface area contributed by atoms with E-state index in [1.54, 1.807) is 11.0 Å². The maximum atomic E-state index is 13.0. The summed E-state index contributed by atoms with van der Waals surface area (Å²) < 4.78 is 5.60. The number of nitro groups is 1. The van der Waals surface area contributed by atoms with Crippen LogP contribution >= 0.6 is 11.8 Å². The number of nitro benzene ring substituents is 1. The summed E-state index contributed by atoms with van der Waals surface area (Å²) in [6.45, 7) is 4.34. The van der Waals surface area contributed by atoms with Crippen LogP contribution in [-0.2, 0) is 0 Å². The highest BCUT2D eigenvalue weighted by molar-refractivity contribution is 8.14. The molecule has 0 saturated carbocycles. The summed E-state index contributed by atoms with van der Waals surface area (Å²) in [7, 11) is 0. The zero-order valence-electron chi connectivity index (χ0n) is 15.0. The Bertz CT molecular complexity index is 900. The van der Waals surface area contributed by atoms with E-state index < -0.39 is 4.92 Å². The number of carbonyl (C=O) groups is 1. The summed E-state index contributed by atoms with van der Waals surface area (Å²) in [6.07, 6.45) is 0. The second-order valence-electron chi connectivity index (χ2n) is 5.94. The van der Waals surface area contributed by atoms with Crippen molar-refractivity contribution in [1.29, 1.82) is 0 Å². The van der Waals surface area contributed by atoms with Crippen LogP contribution < -0.4 is 4.74 Å². The minimum atomic E-state index is -0.508. The van der Waals surface area contributed by atoms with Gasteiger partial charge in [-0.2, -0.15) is 0 Å². The fourth-order valence-electron chi connectivity index (χ4n) is 2.72. The Balaban J connectivity index is 1.95. The van der Waals surface area contributed by atoms with E-state index in [9.17, 15) is 14.9 Å². The Morgan fingerprint density at radius 3 is 2.85 bits per heavy atom. The quantitative estimate of drug-likeness (QED) is 0.567. The number of aliphatic imine (C=N–C) groups is 1. The third kappa shape index (κ3) is 4.11. The number of hydrogen-bond acceptors (Lipinski definition) is 6. The molecule has 1 atom stereocenters. The Morgan fingerprint density at radius 1 is 1.33 bits per heavy atom. The van der Waals surface area contributed by atoms with E-state index in [-0.39, 0.29) is 23.2 Å². The van der Waals surface area contributed by atoms with E-state index in [0.717, 1.165) is 0 Å². The van der Waals surface area contributed by atoms with Gasteiger partial charge in [-0.15, -0.1) is 0 Å². The number of amidine groups is 1. The van der Waals surface area contributed by atoms with Crippen molar-refractivity contribution in [3.63, 3.8) is 0 Å². The lowest BCUT2D eigenvalue weighted by molar-refractivity contribution is -0.384. The molecule has 0 spiro atoms. The van der Waals surface area contributed by atoms with Gasteiger partial charge in [0.15, 0.2) is 5.17 Å². The minimum absolute atomic E-state index is 0.0697. The first-order chi connectivity index (χ1) is 13.0. The molecule has 2 aromatic carbocycles. The first-order valence-electron chi connectivity index (χ1n) is 8.52. The Labute approximate surface area is 161 Å². The van der Waals surface area contributed by atoms with Crippen LogP contribution in [0.2, 0.25) is 0 Å². The largest absolute Gasteiger partial charge is 0.492 e. The summed E-state index contributed by atoms with van der Waals surface area (Å²) in [5.41, 5.74) is 0.803. The van der Waals surface area contributed by atoms with Crippen molar-refractivity contribution >= 4 is 34.2 Å². The van der Waals surface area contributed by atoms with E-state index in [1.165, 1.54) is 30.0 Å². The smallest absolute Gasteiger partial charge is 0.270 e. The highest BCUT2D eigenvalue weighted by atomic mass is 32.2. The van der Waals surface area contributed by atoms with Gasteiger partial charge < -0.3 is 4.74 Å². The predicted octanol–water partition coefficient (Wildman–Crippen LogP) is 4.26. The molecule has 1 aliphatic rings. The van der Waals surface area contributed by atoms with E-state index in [1.807, 2.05) is 38.1 Å². The number of hydrogen-bond donors (Lipinski definition) is 0. The summed E-state index contributed by atoms with van der Waals surface area (Å²) in [5.74, 6) is 1.05. The monoisotopic (exact) mass is 385 g/mol. The highest BCUT2D eigenvalue weighted by Gasteiger charge is 2.33. The zero-order valence-corrected chi connectivity index (χ0v) is 15.8. The van der Waals surface area contributed by atoms with Crippen LogP contribution in [0.25, 0.3) is 0 Å². The molecule has 1 saturated heterocycles. The van der Waals surface area contributed by atoms with Crippen molar-refractivity contribution < 1.29 is 14.5 Å². The van der Waals surface area contributed by atoms with Gasteiger partial charge in [-0.1, -0.05) is 30.0 Å². The van der Waals surface area contributed by atoms with Crippen molar-refractivity contribution in [2.75, 3.05) is 12.4 Å². The predicted molar refractivity (Wildman–Crippen MR) is 106 cm³/mol. The SMILES string of the molecule is CCOc1ccccc1N=C1SC[C@@H](C)N1C(=O)c1cccc([N+](=O)[O-])c1. The molecule has 1 fully saturated rings. The van der Waals surface area contributed by atoms with Gasteiger partial charge in [0, 0.05) is 29.5 Å². The molecular weight excluding hydrogens is 366 g/mol. The number of non-ortho nitro benzene ring substituents is 1. The highest BCUT2D eigenvalue weighted by Crippen LogP contribution is 2.33. The second-order valence-corrected chi connectivity index (χ2v) is 6.92. The topological polar surface area (TPSA) is 85.0 Å². The first-order valence-corrected chi connectivity index (χ1v) is 9.51. The maximum absolute atomic E-state index is 13.0. The Morgan fingerprint density at radius 2 is 2.11 bits per heavy atom. The number of thioether (sulfide) groups is 1. The van der Waals surface area contributed by atoms with Crippen LogP contribution in [0.5, 0.6) is 5.75 Å². The molecule has 0 radical (unpaired) electrons. The van der Waals surface area contributed by atoms with Crippen LogP contribution in [0.1, 0.15) is 24.2 Å². The van der Waals surface area contributed by atoms with E-state index in [4.69, 9.17) is 4.74 Å². The molecule has 0 unspecified atom stereocenters. The van der Waals surface area contributed by atoms with Crippen LogP contribution in [0.4, 0.5) is 11.4 Å². The fraction of sp³-hybridized carbons (Fsp3) is 0.263. The van der Waals surface area contributed by atoms with E-state index >= 15 is 0 Å². The lowest BCUT2D eigenvalue weighted by Gasteiger charge is -2.21. The van der Waals surface area contributed by atoms with Crippen LogP contribution in [0.3, 0.4) is 0 Å². The zero-order chi connectivity index (χ0) is 19.4. The van der Waals surface area contributed by atoms with Gasteiger partial charge >= 0.3 is 0 Å². The normalized spacial score (nSPS) is 17.9. The molecule has 1 aliphatic heterocycles. The van der Waals surface area contributed by atoms with Gasteiger partial charge in [0.25, 0.3) is 11.6 Å². The summed E-state index contributed by atoms with van der Waals surface area (Å²) in [6, 6.07) is 13.1. The Kier molecular flexibility index (Phi) is 5.75. The summed E-state index contributed by atoms with van der Waals surface area (Å²) >= 11 is 1.48. The summed E-state index contributed by atoms with van der Waals surface area (Å²) in [5, 5.41) is 11.6. The standard InChI is InChI=1S/C19H19N3O4S/c1-3-26-17-10-5-4-9-16(17)20-19-21(13(2)12-27-19)18(23)14-7-6-8-15(11-14)22(24)25/h4-11,13H,3,12H2,1-2H3/t13-/m1/s1. The average molecular weight is 385 g/mol. The van der Waals surface area contributed by atoms with Gasteiger partial charge in [0.1, 0.15) is 11.4 Å². The Hall–Kier alpha value is -2.87. The van der Waals surface area contributed by atoms with Crippen LogP contribution in [0.15, 0.2) is 53.5 Å². The number of para-hydroxylation sites is 2.